The third kappa shape index (κ3) is 19.0. The highest BCUT2D eigenvalue weighted by atomic mass is 127. The molecular formula is C42H62I6N6O15Si2. The first-order valence-corrected chi connectivity index (χ1v) is 34.4. The minimum Gasteiger partial charge on any atom is -0.455 e. The lowest BCUT2D eigenvalue weighted by Gasteiger charge is -2.34. The quantitative estimate of drug-likeness (QED) is 0.0479. The van der Waals surface area contributed by atoms with Crippen LogP contribution in [0, 0.1) is 21.4 Å². The highest BCUT2D eigenvalue weighted by Gasteiger charge is 2.37. The number of likely N-dealkylation sites (N-methyl/N-ethyl adjacent to an activating group) is 4. The summed E-state index contributed by atoms with van der Waals surface area (Å²) in [5.74, 6) is -3.21. The van der Waals surface area contributed by atoms with E-state index in [0.29, 0.717) is 26.4 Å². The summed E-state index contributed by atoms with van der Waals surface area (Å²) in [5, 5.41) is 83.8. The standard InChI is InChI=1S/C42H62I6N6O15Si2/c1-51(13-21(59)17-55)39(65)27-31(43)28(40(66)52(2)14-22(60)18-56)34(46)37(33(27)45)49-25(63)9-11-70(5,6)69-71(7,8)12-10-26(64)50-38-35(47)29(41(67)53(3)15-23(61)19-57)32(44)30(36(38)48)42(68)54(4)16-24(62)20-58/h21-24,55-62H,9-20H2,1-8H3,(H,49,63)(H,50,64). The van der Waals surface area contributed by atoms with Gasteiger partial charge in [-0.2, -0.15) is 0 Å². The van der Waals surface area contributed by atoms with Gasteiger partial charge in [-0.1, -0.05) is 0 Å². The largest absolute Gasteiger partial charge is 0.455 e. The molecule has 71 heavy (non-hydrogen) atoms. The summed E-state index contributed by atoms with van der Waals surface area (Å²) in [6.45, 7) is 4.54. The van der Waals surface area contributed by atoms with Gasteiger partial charge in [-0.3, -0.25) is 28.8 Å². The van der Waals surface area contributed by atoms with E-state index in [4.69, 9.17) is 4.12 Å². The molecule has 10 N–H and O–H groups in total. The number of aliphatic hydroxyl groups excluding tert-OH is 8. The van der Waals surface area contributed by atoms with Crippen molar-refractivity contribution in [1.82, 2.24) is 19.6 Å². The molecule has 6 amide bonds. The fraction of sp³-hybridized carbons (Fsp3) is 0.571. The molecule has 4 unspecified atom stereocenters. The number of halogens is 6. The Bertz CT molecular complexity index is 2020. The molecule has 0 aliphatic heterocycles. The number of rotatable bonds is 26. The van der Waals surface area contributed by atoms with Crippen LogP contribution in [0.5, 0.6) is 0 Å². The normalized spacial score (nSPS) is 13.5. The Balaban J connectivity index is 2.41. The van der Waals surface area contributed by atoms with Crippen LogP contribution in [0.3, 0.4) is 0 Å². The highest BCUT2D eigenvalue weighted by Crippen LogP contribution is 2.39. The molecule has 0 spiro atoms. The van der Waals surface area contributed by atoms with Crippen LogP contribution < -0.4 is 10.6 Å². The molecule has 2 rings (SSSR count). The molecule has 0 radical (unpaired) electrons. The van der Waals surface area contributed by atoms with E-state index in [9.17, 15) is 69.6 Å². The molecule has 0 saturated carbocycles. The Hall–Kier alpha value is -0.286. The van der Waals surface area contributed by atoms with Gasteiger partial charge >= 0.3 is 0 Å². The van der Waals surface area contributed by atoms with Crippen LogP contribution in [0.2, 0.25) is 38.3 Å². The Kier molecular flexibility index (Phi) is 28.3. The molecule has 0 fully saturated rings. The van der Waals surface area contributed by atoms with Gasteiger partial charge in [-0.15, -0.1) is 0 Å². The molecule has 21 nitrogen and oxygen atoms in total. The lowest BCUT2D eigenvalue weighted by atomic mass is 10.1. The van der Waals surface area contributed by atoms with Gasteiger partial charge in [0.05, 0.1) is 98.8 Å². The molecule has 0 saturated heterocycles. The summed E-state index contributed by atoms with van der Waals surface area (Å²) in [7, 11) is 0.418. The Morgan fingerprint density at radius 3 is 0.859 bits per heavy atom. The number of hydrogen-bond acceptors (Lipinski definition) is 15. The molecule has 0 bridgehead atoms. The van der Waals surface area contributed by atoms with E-state index >= 15 is 0 Å². The third-order valence-electron chi connectivity index (χ3n) is 10.6. The second-order valence-electron chi connectivity index (χ2n) is 17.9. The SMILES string of the molecule is CN(CC(O)CO)C(=O)c1c(I)c(NC(=O)CC[Si](C)(C)O[Si](C)(C)CCC(=O)Nc2c(I)c(C(=O)N(C)CC(O)CO)c(I)c(C(=O)N(C)CC(O)CO)c2I)c(I)c(C(=O)N(C)CC(O)CO)c1I. The monoisotopic (exact) mass is 1710 g/mol. The Morgan fingerprint density at radius 1 is 0.451 bits per heavy atom. The number of nitrogens with one attached hydrogen (secondary N) is 2. The van der Waals surface area contributed by atoms with E-state index in [-0.39, 0.29) is 79.8 Å². The minimum atomic E-state index is -2.64. The van der Waals surface area contributed by atoms with Crippen LogP contribution in [0.15, 0.2) is 0 Å². The fourth-order valence-corrected chi connectivity index (χ4v) is 24.1. The summed E-state index contributed by atoms with van der Waals surface area (Å²) >= 11 is 11.4. The van der Waals surface area contributed by atoms with Crippen LogP contribution in [0.4, 0.5) is 11.4 Å². The maximum atomic E-state index is 13.9. The predicted molar refractivity (Wildman–Crippen MR) is 322 cm³/mol. The molecule has 0 aliphatic carbocycles. The lowest BCUT2D eigenvalue weighted by Crippen LogP contribution is -2.45. The second-order valence-corrected chi connectivity index (χ2v) is 33.3. The van der Waals surface area contributed by atoms with Crippen LogP contribution >= 0.6 is 136 Å². The first-order chi connectivity index (χ1) is 32.8. The highest BCUT2D eigenvalue weighted by molar-refractivity contribution is 14.1. The van der Waals surface area contributed by atoms with E-state index in [1.165, 1.54) is 47.8 Å². The van der Waals surface area contributed by atoms with Gasteiger partial charge in [0.15, 0.2) is 16.6 Å². The van der Waals surface area contributed by atoms with Gasteiger partial charge in [0, 0.05) is 74.4 Å². The number of nitrogens with zero attached hydrogens (tertiary/aromatic N) is 4. The number of aliphatic hydroxyl groups is 8. The van der Waals surface area contributed by atoms with Crippen molar-refractivity contribution < 1.29 is 73.7 Å². The average Bonchev–Trinajstić information content (AvgIpc) is 3.29. The number of carbonyl (C=O) groups excluding carboxylic acids is 6. The van der Waals surface area contributed by atoms with E-state index in [1.807, 2.05) is 162 Å². The summed E-state index contributed by atoms with van der Waals surface area (Å²) in [6.07, 6.45) is -4.95. The molecule has 4 atom stereocenters. The van der Waals surface area contributed by atoms with Crippen molar-refractivity contribution in [1.29, 1.82) is 0 Å². The van der Waals surface area contributed by atoms with Crippen molar-refractivity contribution in [2.24, 2.45) is 0 Å². The van der Waals surface area contributed by atoms with Gasteiger partial charge in [0.1, 0.15) is 0 Å². The zero-order chi connectivity index (χ0) is 54.6. The molecule has 29 heteroatoms. The lowest BCUT2D eigenvalue weighted by molar-refractivity contribution is -0.116. The van der Waals surface area contributed by atoms with Crippen molar-refractivity contribution in [3.05, 3.63) is 43.7 Å². The second kappa shape index (κ2) is 30.0. The fourth-order valence-electron chi connectivity index (χ4n) is 6.97. The molecule has 0 heterocycles. The minimum absolute atomic E-state index is 0.00578. The maximum Gasteiger partial charge on any atom is 0.255 e. The molecule has 0 aliphatic rings. The molecule has 0 aromatic heterocycles. The Morgan fingerprint density at radius 2 is 0.662 bits per heavy atom. The number of anilines is 2. The van der Waals surface area contributed by atoms with Gasteiger partial charge < -0.3 is 75.2 Å². The first kappa shape index (κ1) is 66.8. The van der Waals surface area contributed by atoms with Gasteiger partial charge in [0.2, 0.25) is 11.8 Å². The number of hydrogen-bond donors (Lipinski definition) is 10. The maximum absolute atomic E-state index is 13.9. The van der Waals surface area contributed by atoms with Gasteiger partial charge in [-0.25, -0.2) is 0 Å². The van der Waals surface area contributed by atoms with Crippen LogP contribution in [0.1, 0.15) is 54.3 Å². The number of benzene rings is 2. The number of amides is 6. The smallest absolute Gasteiger partial charge is 0.255 e. The van der Waals surface area contributed by atoms with Gasteiger partial charge in [0.25, 0.3) is 23.6 Å². The molecule has 2 aromatic carbocycles. The summed E-state index contributed by atoms with van der Waals surface area (Å²) in [4.78, 5) is 88.0. The summed E-state index contributed by atoms with van der Waals surface area (Å²) in [6, 6.07) is 0.695. The van der Waals surface area contributed by atoms with Crippen molar-refractivity contribution in [3.8, 4) is 0 Å². The van der Waals surface area contributed by atoms with Crippen LogP contribution in [-0.4, -0.2) is 218 Å². The van der Waals surface area contributed by atoms with E-state index in [1.54, 1.807) is 0 Å². The van der Waals surface area contributed by atoms with Crippen LogP contribution in [-0.2, 0) is 13.7 Å². The zero-order valence-electron chi connectivity index (χ0n) is 40.3. The summed E-state index contributed by atoms with van der Waals surface area (Å²) in [5.41, 5.74) is 0.683. The molecule has 2 aromatic rings. The predicted octanol–water partition coefficient (Wildman–Crippen LogP) is 2.80. The topological polar surface area (TPSA) is 311 Å². The zero-order valence-corrected chi connectivity index (χ0v) is 55.2. The van der Waals surface area contributed by atoms with Crippen molar-refractivity contribution >= 4 is 199 Å². The van der Waals surface area contributed by atoms with Crippen molar-refractivity contribution in [2.45, 2.75) is 75.5 Å². The average molecular weight is 1710 g/mol. The molecular weight excluding hydrogens is 1650 g/mol. The summed E-state index contributed by atoms with van der Waals surface area (Å²) < 4.78 is 8.59. The van der Waals surface area contributed by atoms with E-state index in [2.05, 4.69) is 10.6 Å². The van der Waals surface area contributed by atoms with E-state index < -0.39 is 103 Å². The van der Waals surface area contributed by atoms with E-state index in [0.717, 1.165) is 0 Å². The van der Waals surface area contributed by atoms with Crippen molar-refractivity contribution in [3.63, 3.8) is 0 Å². The van der Waals surface area contributed by atoms with Crippen molar-refractivity contribution in [2.75, 3.05) is 91.4 Å². The van der Waals surface area contributed by atoms with Crippen LogP contribution in [0.25, 0.3) is 0 Å². The third-order valence-corrected chi connectivity index (χ3v) is 24.4. The molecule has 400 valence electrons. The Labute approximate surface area is 497 Å². The number of carbonyl (C=O) groups is 6. The first-order valence-electron chi connectivity index (χ1n) is 21.7. The van der Waals surface area contributed by atoms with Gasteiger partial charge in [-0.05, 0) is 174 Å².